The van der Waals surface area contributed by atoms with E-state index in [0.29, 0.717) is 0 Å². The van der Waals surface area contributed by atoms with Gasteiger partial charge in [0.2, 0.25) is 0 Å². The number of carbonyl (C=O) groups is 1. The van der Waals surface area contributed by atoms with E-state index in [1.807, 2.05) is 43.5 Å². The number of thiazole rings is 1. The van der Waals surface area contributed by atoms with E-state index in [1.54, 1.807) is 23.1 Å². The predicted octanol–water partition coefficient (Wildman–Crippen LogP) is 4.91. The standard InChI is InChI=1S/C16H21N3OS2/c1-4-5-11(2)17-15(20)19-13-6-8-14(9-7-13)22-16-18-12(3)10-21-16/h6-11H,4-5H2,1-3H3,(H2,17,19,20). The molecule has 1 unspecified atom stereocenters. The van der Waals surface area contributed by atoms with E-state index in [9.17, 15) is 4.79 Å². The lowest BCUT2D eigenvalue weighted by molar-refractivity contribution is 0.248. The van der Waals surface area contributed by atoms with Crippen LogP contribution in [0.3, 0.4) is 0 Å². The number of anilines is 1. The lowest BCUT2D eigenvalue weighted by Crippen LogP contribution is -2.35. The summed E-state index contributed by atoms with van der Waals surface area (Å²) in [5, 5.41) is 7.82. The molecule has 2 rings (SSSR count). The first-order valence-electron chi connectivity index (χ1n) is 7.34. The highest BCUT2D eigenvalue weighted by atomic mass is 32.2. The summed E-state index contributed by atoms with van der Waals surface area (Å²) in [5.41, 5.74) is 1.84. The van der Waals surface area contributed by atoms with Crippen LogP contribution < -0.4 is 10.6 Å². The van der Waals surface area contributed by atoms with Gasteiger partial charge in [-0.15, -0.1) is 11.3 Å². The second-order valence-corrected chi connectivity index (χ2v) is 7.35. The number of urea groups is 1. The summed E-state index contributed by atoms with van der Waals surface area (Å²) in [6, 6.07) is 7.84. The van der Waals surface area contributed by atoms with Crippen LogP contribution >= 0.6 is 23.1 Å². The Morgan fingerprint density at radius 1 is 1.36 bits per heavy atom. The van der Waals surface area contributed by atoms with Crippen molar-refractivity contribution in [3.8, 4) is 0 Å². The number of hydrogen-bond donors (Lipinski definition) is 2. The van der Waals surface area contributed by atoms with E-state index in [0.717, 1.165) is 33.5 Å². The molecule has 1 atom stereocenters. The molecule has 2 aromatic rings. The van der Waals surface area contributed by atoms with Crippen LogP contribution in [-0.4, -0.2) is 17.1 Å². The molecule has 1 aromatic carbocycles. The molecule has 1 heterocycles. The minimum absolute atomic E-state index is 0.156. The zero-order valence-corrected chi connectivity index (χ0v) is 14.7. The molecule has 118 valence electrons. The molecular weight excluding hydrogens is 314 g/mol. The van der Waals surface area contributed by atoms with Gasteiger partial charge in [-0.3, -0.25) is 0 Å². The zero-order chi connectivity index (χ0) is 15.9. The van der Waals surface area contributed by atoms with Crippen LogP contribution in [0.4, 0.5) is 10.5 Å². The average molecular weight is 335 g/mol. The van der Waals surface area contributed by atoms with Crippen molar-refractivity contribution in [3.63, 3.8) is 0 Å². The second kappa shape index (κ2) is 8.19. The van der Waals surface area contributed by atoms with Crippen LogP contribution in [-0.2, 0) is 0 Å². The number of hydrogen-bond acceptors (Lipinski definition) is 4. The highest BCUT2D eigenvalue weighted by molar-refractivity contribution is 8.01. The largest absolute Gasteiger partial charge is 0.335 e. The molecule has 0 aliphatic rings. The number of aromatic nitrogens is 1. The number of benzene rings is 1. The maximum atomic E-state index is 11.8. The molecule has 1 aromatic heterocycles. The van der Waals surface area contributed by atoms with E-state index in [4.69, 9.17) is 0 Å². The Kier molecular flexibility index (Phi) is 6.27. The van der Waals surface area contributed by atoms with E-state index in [1.165, 1.54) is 0 Å². The molecule has 0 spiro atoms. The normalized spacial score (nSPS) is 12.0. The number of aryl methyl sites for hydroxylation is 1. The van der Waals surface area contributed by atoms with Gasteiger partial charge in [0.25, 0.3) is 0 Å². The fourth-order valence-electron chi connectivity index (χ4n) is 1.98. The third-order valence-corrected chi connectivity index (χ3v) is 5.08. The highest BCUT2D eigenvalue weighted by Gasteiger charge is 2.07. The number of rotatable bonds is 6. The lowest BCUT2D eigenvalue weighted by Gasteiger charge is -2.13. The van der Waals surface area contributed by atoms with Crippen molar-refractivity contribution in [2.45, 2.75) is 48.9 Å². The summed E-state index contributed by atoms with van der Waals surface area (Å²) in [6.07, 6.45) is 2.04. The van der Waals surface area contributed by atoms with Gasteiger partial charge >= 0.3 is 6.03 Å². The molecule has 6 heteroatoms. The molecular formula is C16H21N3OS2. The first kappa shape index (κ1) is 16.8. The molecule has 0 radical (unpaired) electrons. The lowest BCUT2D eigenvalue weighted by atomic mass is 10.2. The first-order valence-corrected chi connectivity index (χ1v) is 9.04. The molecule has 0 saturated carbocycles. The monoisotopic (exact) mass is 335 g/mol. The van der Waals surface area contributed by atoms with E-state index in [2.05, 4.69) is 22.5 Å². The van der Waals surface area contributed by atoms with E-state index < -0.39 is 0 Å². The first-order chi connectivity index (χ1) is 10.6. The Morgan fingerprint density at radius 3 is 2.68 bits per heavy atom. The van der Waals surface area contributed by atoms with Crippen LogP contribution in [0, 0.1) is 6.92 Å². The van der Waals surface area contributed by atoms with E-state index >= 15 is 0 Å². The van der Waals surface area contributed by atoms with Crippen LogP contribution in [0.1, 0.15) is 32.4 Å². The molecule has 0 bridgehead atoms. The van der Waals surface area contributed by atoms with Crippen molar-refractivity contribution in [3.05, 3.63) is 35.3 Å². The van der Waals surface area contributed by atoms with Crippen LogP contribution in [0.2, 0.25) is 0 Å². The number of carbonyl (C=O) groups excluding carboxylic acids is 1. The Balaban J connectivity index is 1.87. The van der Waals surface area contributed by atoms with Gasteiger partial charge in [-0.05, 0) is 44.5 Å². The molecule has 0 aliphatic carbocycles. The van der Waals surface area contributed by atoms with Gasteiger partial charge in [-0.25, -0.2) is 9.78 Å². The number of nitrogens with zero attached hydrogens (tertiary/aromatic N) is 1. The van der Waals surface area contributed by atoms with Gasteiger partial charge in [-0.1, -0.05) is 25.1 Å². The molecule has 2 amide bonds. The Morgan fingerprint density at radius 2 is 2.09 bits per heavy atom. The molecule has 4 nitrogen and oxygen atoms in total. The number of nitrogens with one attached hydrogen (secondary N) is 2. The summed E-state index contributed by atoms with van der Waals surface area (Å²) < 4.78 is 1.03. The molecule has 2 N–H and O–H groups in total. The predicted molar refractivity (Wildman–Crippen MR) is 93.9 cm³/mol. The van der Waals surface area contributed by atoms with E-state index in [-0.39, 0.29) is 12.1 Å². The fourth-order valence-corrected chi connectivity index (χ4v) is 3.79. The third-order valence-electron chi connectivity index (χ3n) is 3.01. The Bertz CT molecular complexity index is 610. The van der Waals surface area contributed by atoms with Gasteiger partial charge in [0.1, 0.15) is 0 Å². The maximum absolute atomic E-state index is 11.8. The minimum atomic E-state index is -0.156. The van der Waals surface area contributed by atoms with Crippen molar-refractivity contribution in [2.24, 2.45) is 0 Å². The van der Waals surface area contributed by atoms with Crippen molar-refractivity contribution < 1.29 is 4.79 Å². The average Bonchev–Trinajstić information content (AvgIpc) is 2.86. The van der Waals surface area contributed by atoms with Gasteiger partial charge < -0.3 is 10.6 Å². The summed E-state index contributed by atoms with van der Waals surface area (Å²) in [6.45, 7) is 6.11. The SMILES string of the molecule is CCCC(C)NC(=O)Nc1ccc(Sc2nc(C)cs2)cc1. The van der Waals surface area contributed by atoms with Crippen molar-refractivity contribution in [2.75, 3.05) is 5.32 Å². The summed E-state index contributed by atoms with van der Waals surface area (Å²) >= 11 is 3.28. The molecule has 0 fully saturated rings. The topological polar surface area (TPSA) is 54.0 Å². The van der Waals surface area contributed by atoms with Crippen molar-refractivity contribution >= 4 is 34.8 Å². The van der Waals surface area contributed by atoms with Crippen molar-refractivity contribution in [1.82, 2.24) is 10.3 Å². The molecule has 0 aliphatic heterocycles. The highest BCUT2D eigenvalue weighted by Crippen LogP contribution is 2.30. The molecule has 22 heavy (non-hydrogen) atoms. The Labute approximate surface area is 139 Å². The van der Waals surface area contributed by atoms with Crippen LogP contribution in [0.15, 0.2) is 38.9 Å². The van der Waals surface area contributed by atoms with Crippen LogP contribution in [0.25, 0.3) is 0 Å². The minimum Gasteiger partial charge on any atom is -0.335 e. The quantitative estimate of drug-likeness (QED) is 0.788. The van der Waals surface area contributed by atoms with Gasteiger partial charge in [0, 0.05) is 27.7 Å². The zero-order valence-electron chi connectivity index (χ0n) is 13.1. The smallest absolute Gasteiger partial charge is 0.319 e. The Hall–Kier alpha value is -1.53. The maximum Gasteiger partial charge on any atom is 0.319 e. The second-order valence-electron chi connectivity index (χ2n) is 5.17. The number of amides is 2. The summed E-state index contributed by atoms with van der Waals surface area (Å²) in [7, 11) is 0. The summed E-state index contributed by atoms with van der Waals surface area (Å²) in [4.78, 5) is 17.4. The van der Waals surface area contributed by atoms with Gasteiger partial charge in [0.05, 0.1) is 0 Å². The van der Waals surface area contributed by atoms with Gasteiger partial charge in [-0.2, -0.15) is 0 Å². The van der Waals surface area contributed by atoms with Gasteiger partial charge in [0.15, 0.2) is 4.34 Å². The van der Waals surface area contributed by atoms with Crippen molar-refractivity contribution in [1.29, 1.82) is 0 Å². The molecule has 0 saturated heterocycles. The third kappa shape index (κ3) is 5.35. The summed E-state index contributed by atoms with van der Waals surface area (Å²) in [5.74, 6) is 0. The fraction of sp³-hybridized carbons (Fsp3) is 0.375. The van der Waals surface area contributed by atoms with Crippen LogP contribution in [0.5, 0.6) is 0 Å².